The van der Waals surface area contributed by atoms with Crippen LogP contribution >= 0.6 is 0 Å². The molecule has 0 aliphatic heterocycles. The summed E-state index contributed by atoms with van der Waals surface area (Å²) in [6.07, 6.45) is 0. The molecule has 0 bridgehead atoms. The highest BCUT2D eigenvalue weighted by Gasteiger charge is 1.96. The predicted molar refractivity (Wildman–Crippen MR) is 44.9 cm³/mol. The van der Waals surface area contributed by atoms with Gasteiger partial charge in [-0.3, -0.25) is 0 Å². The van der Waals surface area contributed by atoms with Crippen LogP contribution in [0.25, 0.3) is 0 Å². The van der Waals surface area contributed by atoms with E-state index in [2.05, 4.69) is 6.72 Å². The fourth-order valence-electron chi connectivity index (χ4n) is 0.581. The first-order valence-corrected chi connectivity index (χ1v) is 3.15. The minimum absolute atomic E-state index is 0.331. The maximum atomic E-state index is 10.2. The van der Waals surface area contributed by atoms with Gasteiger partial charge in [-0.05, 0) is 12.1 Å². The Bertz CT molecular complexity index is 246. The van der Waals surface area contributed by atoms with Gasteiger partial charge in [0.25, 0.3) is 0 Å². The number of aromatic carboxylic acids is 1. The van der Waals surface area contributed by atoms with E-state index >= 15 is 0 Å². The molecule has 4 nitrogen and oxygen atoms in total. The molecule has 0 saturated heterocycles. The van der Waals surface area contributed by atoms with E-state index in [0.29, 0.717) is 5.56 Å². The van der Waals surface area contributed by atoms with Gasteiger partial charge in [-0.15, -0.1) is 0 Å². The molecule has 64 valence electrons. The number of rotatable bonds is 1. The Labute approximate surface area is 69.8 Å². The van der Waals surface area contributed by atoms with Crippen LogP contribution in [0.3, 0.4) is 0 Å². The van der Waals surface area contributed by atoms with Crippen LogP contribution in [0.4, 0.5) is 0 Å². The van der Waals surface area contributed by atoms with Gasteiger partial charge in [0.1, 0.15) is 6.72 Å². The molecule has 0 fully saturated rings. The first-order chi connectivity index (χ1) is 5.72. The minimum Gasteiger partial charge on any atom is -0.626 e. The Kier molecular flexibility index (Phi) is 5.00. The van der Waals surface area contributed by atoms with E-state index in [4.69, 9.17) is 10.3 Å². The topological polar surface area (TPSA) is 74.3 Å². The first-order valence-electron chi connectivity index (χ1n) is 3.15. The molecule has 4 heteroatoms. The van der Waals surface area contributed by atoms with Crippen molar-refractivity contribution in [1.29, 1.82) is 0 Å². The summed E-state index contributed by atoms with van der Waals surface area (Å²) in [7, 11) is 0. The Balaban J connectivity index is 0.000000354. The molecule has 0 aliphatic carbocycles. The van der Waals surface area contributed by atoms with Gasteiger partial charge in [-0.2, -0.15) is 0 Å². The summed E-state index contributed by atoms with van der Waals surface area (Å²) in [5.41, 5.74) is 0.331. The van der Waals surface area contributed by atoms with Crippen molar-refractivity contribution in [3.8, 4) is 0 Å². The summed E-state index contributed by atoms with van der Waals surface area (Å²) >= 11 is 0. The average molecular weight is 167 g/mol. The molecular weight excluding hydrogens is 158 g/mol. The molecule has 1 rings (SSSR count). The maximum Gasteiger partial charge on any atom is 0.335 e. The Morgan fingerprint density at radius 3 is 2.08 bits per heavy atom. The van der Waals surface area contributed by atoms with Crippen molar-refractivity contribution in [2.24, 2.45) is 0 Å². The van der Waals surface area contributed by atoms with Crippen molar-refractivity contribution in [1.82, 2.24) is 0 Å². The van der Waals surface area contributed by atoms with E-state index in [0.717, 1.165) is 0 Å². The maximum absolute atomic E-state index is 10.2. The third kappa shape index (κ3) is 4.05. The van der Waals surface area contributed by atoms with Crippen LogP contribution in [0.15, 0.2) is 30.3 Å². The quantitative estimate of drug-likeness (QED) is 0.341. The Hall–Kier alpha value is -1.84. The van der Waals surface area contributed by atoms with Gasteiger partial charge < -0.3 is 10.3 Å². The summed E-state index contributed by atoms with van der Waals surface area (Å²) < 4.78 is 0. The molecule has 0 atom stereocenters. The second kappa shape index (κ2) is 5.91. The molecule has 12 heavy (non-hydrogen) atoms. The third-order valence-corrected chi connectivity index (χ3v) is 1.02. The summed E-state index contributed by atoms with van der Waals surface area (Å²) in [5, 5.41) is 18.2. The standard InChI is InChI=1S/C7H6O2.CH3NO/c8-7(9)6-4-2-1-3-5-6;1-2-3/h1-5H,(H,8,9);2H,1H2. The van der Waals surface area contributed by atoms with Gasteiger partial charge in [0, 0.05) is 0 Å². The average Bonchev–Trinajstić information content (AvgIpc) is 2.07. The lowest BCUT2D eigenvalue weighted by Gasteiger charge is -1.88. The first kappa shape index (κ1) is 10.2. The predicted octanol–water partition coefficient (Wildman–Crippen LogP) is -0.350. The highest BCUT2D eigenvalue weighted by Crippen LogP contribution is 1.96. The highest BCUT2D eigenvalue weighted by atomic mass is 16.4. The number of carbonyl (C=O) groups is 1. The fourth-order valence-corrected chi connectivity index (χ4v) is 0.581. The smallest absolute Gasteiger partial charge is 0.335 e. The zero-order chi connectivity index (χ0) is 9.40. The summed E-state index contributed by atoms with van der Waals surface area (Å²) in [5.74, 6) is -0.879. The van der Waals surface area contributed by atoms with Crippen molar-refractivity contribution in [2.75, 3.05) is 0 Å². The molecule has 0 amide bonds. The molecule has 0 saturated carbocycles. The number of hydrogen-bond acceptors (Lipinski definition) is 2. The van der Waals surface area contributed by atoms with Crippen molar-refractivity contribution in [3.63, 3.8) is 0 Å². The van der Waals surface area contributed by atoms with Crippen LogP contribution in [-0.2, 0) is 0 Å². The van der Waals surface area contributed by atoms with Gasteiger partial charge in [0.2, 0.25) is 0 Å². The third-order valence-electron chi connectivity index (χ3n) is 1.02. The van der Waals surface area contributed by atoms with Crippen molar-refractivity contribution in [3.05, 3.63) is 41.1 Å². The van der Waals surface area contributed by atoms with Crippen LogP contribution < -0.4 is 5.16 Å². The van der Waals surface area contributed by atoms with Crippen LogP contribution in [0, 0.1) is 5.21 Å². The van der Waals surface area contributed by atoms with Crippen LogP contribution in [-0.4, -0.2) is 17.8 Å². The number of benzene rings is 1. The van der Waals surface area contributed by atoms with Crippen molar-refractivity contribution in [2.45, 2.75) is 0 Å². The van der Waals surface area contributed by atoms with Crippen molar-refractivity contribution >= 4 is 12.7 Å². The number of carboxylic acid groups (broad SMARTS) is 1. The summed E-state index contributed by atoms with van der Waals surface area (Å²) in [4.78, 5) is 10.2. The molecule has 0 aromatic heterocycles. The summed E-state index contributed by atoms with van der Waals surface area (Å²) in [6.45, 7) is 2.68. The Morgan fingerprint density at radius 1 is 1.42 bits per heavy atom. The van der Waals surface area contributed by atoms with E-state index in [-0.39, 0.29) is 0 Å². The summed E-state index contributed by atoms with van der Waals surface area (Å²) in [6, 6.07) is 8.30. The fraction of sp³-hybridized carbons (Fsp3) is 0. The molecule has 0 unspecified atom stereocenters. The molecule has 1 aromatic carbocycles. The second-order valence-corrected chi connectivity index (χ2v) is 1.82. The Morgan fingerprint density at radius 2 is 1.83 bits per heavy atom. The van der Waals surface area contributed by atoms with Gasteiger partial charge in [0.15, 0.2) is 0 Å². The number of carboxylic acids is 1. The zero-order valence-electron chi connectivity index (χ0n) is 6.36. The van der Waals surface area contributed by atoms with Gasteiger partial charge in [0.05, 0.1) is 5.56 Å². The molecular formula is C8H9NO3. The lowest BCUT2D eigenvalue weighted by Crippen LogP contribution is -2.56. The van der Waals surface area contributed by atoms with Crippen LogP contribution in [0.5, 0.6) is 0 Å². The normalized spacial score (nSPS) is 7.67. The van der Waals surface area contributed by atoms with Crippen molar-refractivity contribution < 1.29 is 15.1 Å². The SMILES string of the molecule is C=[NH+][O-].O=C(O)c1ccccc1. The highest BCUT2D eigenvalue weighted by molar-refractivity contribution is 5.87. The lowest BCUT2D eigenvalue weighted by molar-refractivity contribution is -0.361. The van der Waals surface area contributed by atoms with Gasteiger partial charge in [-0.1, -0.05) is 18.2 Å². The molecule has 0 heterocycles. The van der Waals surface area contributed by atoms with E-state index < -0.39 is 5.97 Å². The number of hydrogen-bond donors (Lipinski definition) is 2. The lowest BCUT2D eigenvalue weighted by atomic mass is 10.2. The van der Waals surface area contributed by atoms with E-state index in [1.54, 1.807) is 30.3 Å². The van der Waals surface area contributed by atoms with Gasteiger partial charge >= 0.3 is 5.97 Å². The zero-order valence-corrected chi connectivity index (χ0v) is 6.36. The number of nitrogens with one attached hydrogen (secondary N) is 1. The molecule has 0 radical (unpaired) electrons. The monoisotopic (exact) mass is 167 g/mol. The van der Waals surface area contributed by atoms with Gasteiger partial charge in [-0.25, -0.2) is 9.95 Å². The molecule has 0 spiro atoms. The van der Waals surface area contributed by atoms with E-state index in [9.17, 15) is 4.79 Å². The largest absolute Gasteiger partial charge is 0.626 e. The molecule has 1 aromatic rings. The molecule has 2 N–H and O–H groups in total. The van der Waals surface area contributed by atoms with Crippen LogP contribution in [0.2, 0.25) is 0 Å². The van der Waals surface area contributed by atoms with E-state index in [1.165, 1.54) is 5.16 Å². The molecule has 0 aliphatic rings. The van der Waals surface area contributed by atoms with Crippen LogP contribution in [0.1, 0.15) is 10.4 Å². The minimum atomic E-state index is -0.879. The van der Waals surface area contributed by atoms with E-state index in [1.807, 2.05) is 0 Å². The second-order valence-electron chi connectivity index (χ2n) is 1.82.